The van der Waals surface area contributed by atoms with Crippen LogP contribution in [0.5, 0.6) is 0 Å². The number of esters is 2. The van der Waals surface area contributed by atoms with Gasteiger partial charge in [-0.25, -0.2) is 9.59 Å². The third-order valence-corrected chi connectivity index (χ3v) is 4.74. The van der Waals surface area contributed by atoms with E-state index in [1.165, 1.54) is 0 Å². The third kappa shape index (κ3) is 3.71. The van der Waals surface area contributed by atoms with Crippen molar-refractivity contribution < 1.29 is 28.3 Å². The Morgan fingerprint density at radius 2 is 1.90 bits per heavy atom. The van der Waals surface area contributed by atoms with Gasteiger partial charge in [-0.15, -0.1) is 0 Å². The lowest BCUT2D eigenvalue weighted by Gasteiger charge is -2.17. The number of hydrogen-bond acceptors (Lipinski definition) is 6. The normalized spacial score (nSPS) is 12.9. The third-order valence-electron chi connectivity index (χ3n) is 4.74. The second-order valence-corrected chi connectivity index (χ2v) is 6.62. The lowest BCUT2D eigenvalue weighted by Crippen LogP contribution is -2.19. The average molecular weight is 393 g/mol. The number of hydrogen-bond donors (Lipinski definition) is 1. The lowest BCUT2D eigenvalue weighted by molar-refractivity contribution is -0.116. The molecule has 3 aromatic rings. The summed E-state index contributed by atoms with van der Waals surface area (Å²) in [5.74, 6) is -1.12. The van der Waals surface area contributed by atoms with E-state index in [4.69, 9.17) is 13.9 Å². The van der Waals surface area contributed by atoms with E-state index in [1.807, 2.05) is 6.07 Å². The fourth-order valence-electron chi connectivity index (χ4n) is 3.34. The highest BCUT2D eigenvalue weighted by molar-refractivity contribution is 5.97. The maximum atomic E-state index is 12.6. The Hall–Kier alpha value is -3.61. The highest BCUT2D eigenvalue weighted by Crippen LogP contribution is 2.28. The molecule has 0 unspecified atom stereocenters. The van der Waals surface area contributed by atoms with Crippen molar-refractivity contribution in [2.75, 3.05) is 11.9 Å². The predicted octanol–water partition coefficient (Wildman–Crippen LogP) is 3.85. The van der Waals surface area contributed by atoms with Gasteiger partial charge in [0, 0.05) is 17.5 Å². The monoisotopic (exact) mass is 393 g/mol. The molecule has 29 heavy (non-hydrogen) atoms. The quantitative estimate of drug-likeness (QED) is 0.662. The van der Waals surface area contributed by atoms with Gasteiger partial charge < -0.3 is 19.2 Å². The minimum Gasteiger partial charge on any atom is -0.460 e. The van der Waals surface area contributed by atoms with Crippen LogP contribution in [0.3, 0.4) is 0 Å². The molecule has 1 amide bonds. The van der Waals surface area contributed by atoms with Gasteiger partial charge in [0.15, 0.2) is 0 Å². The number of benzene rings is 2. The second kappa shape index (κ2) is 7.79. The Balaban J connectivity index is 1.56. The highest BCUT2D eigenvalue weighted by Gasteiger charge is 2.23. The van der Waals surface area contributed by atoms with E-state index >= 15 is 0 Å². The molecule has 2 aromatic carbocycles. The number of amides is 1. The van der Waals surface area contributed by atoms with Gasteiger partial charge in [0.1, 0.15) is 12.2 Å². The SMILES string of the molecule is CCOC(=O)c1oc2ccccc2c1COC(=O)c1ccc2c(c1)CCC(=O)N2. The summed E-state index contributed by atoms with van der Waals surface area (Å²) in [4.78, 5) is 36.3. The van der Waals surface area contributed by atoms with Gasteiger partial charge in [-0.2, -0.15) is 0 Å². The van der Waals surface area contributed by atoms with E-state index in [1.54, 1.807) is 43.3 Å². The van der Waals surface area contributed by atoms with E-state index < -0.39 is 11.9 Å². The first kappa shape index (κ1) is 18.7. The van der Waals surface area contributed by atoms with Crippen molar-refractivity contribution >= 4 is 34.5 Å². The van der Waals surface area contributed by atoms with Gasteiger partial charge in [0.2, 0.25) is 11.7 Å². The standard InChI is InChI=1S/C22H19NO6/c1-2-27-22(26)20-16(15-5-3-4-6-18(15)29-20)12-28-21(25)14-7-9-17-13(11-14)8-10-19(24)23-17/h3-7,9,11H,2,8,10,12H2,1H3,(H,23,24). The molecule has 1 N–H and O–H groups in total. The molecule has 0 fully saturated rings. The van der Waals surface area contributed by atoms with Crippen molar-refractivity contribution in [1.29, 1.82) is 0 Å². The van der Waals surface area contributed by atoms with Crippen LogP contribution in [0, 0.1) is 0 Å². The Morgan fingerprint density at radius 1 is 1.07 bits per heavy atom. The minimum absolute atomic E-state index is 0.0360. The zero-order valence-electron chi connectivity index (χ0n) is 15.8. The van der Waals surface area contributed by atoms with Gasteiger partial charge in [-0.3, -0.25) is 4.79 Å². The second-order valence-electron chi connectivity index (χ2n) is 6.62. The van der Waals surface area contributed by atoms with Crippen molar-refractivity contribution in [3.63, 3.8) is 0 Å². The predicted molar refractivity (Wildman–Crippen MR) is 105 cm³/mol. The molecule has 1 aliphatic heterocycles. The van der Waals surface area contributed by atoms with Gasteiger partial charge in [-0.05, 0) is 43.2 Å². The first-order valence-electron chi connectivity index (χ1n) is 9.34. The zero-order valence-corrected chi connectivity index (χ0v) is 15.8. The summed E-state index contributed by atoms with van der Waals surface area (Å²) >= 11 is 0. The lowest BCUT2D eigenvalue weighted by atomic mass is 10.0. The van der Waals surface area contributed by atoms with Crippen molar-refractivity contribution in [3.8, 4) is 0 Å². The molecule has 0 spiro atoms. The molecule has 7 nitrogen and oxygen atoms in total. The molecular formula is C22H19NO6. The summed E-state index contributed by atoms with van der Waals surface area (Å²) in [6.45, 7) is 1.79. The van der Waals surface area contributed by atoms with Crippen LogP contribution in [0.4, 0.5) is 5.69 Å². The van der Waals surface area contributed by atoms with Gasteiger partial charge in [0.05, 0.1) is 17.7 Å². The Bertz CT molecular complexity index is 1110. The molecule has 0 bridgehead atoms. The number of rotatable bonds is 5. The van der Waals surface area contributed by atoms with Gasteiger partial charge >= 0.3 is 11.9 Å². The number of furan rings is 1. The number of ether oxygens (including phenoxy) is 2. The topological polar surface area (TPSA) is 94.8 Å². The molecule has 0 aliphatic carbocycles. The zero-order chi connectivity index (χ0) is 20.4. The number of carbonyl (C=O) groups excluding carboxylic acids is 3. The van der Waals surface area contributed by atoms with Crippen LogP contribution in [0.25, 0.3) is 11.0 Å². The molecule has 2 heterocycles. The van der Waals surface area contributed by atoms with Crippen LogP contribution < -0.4 is 5.32 Å². The molecule has 7 heteroatoms. The van der Waals surface area contributed by atoms with Crippen molar-refractivity contribution in [3.05, 3.63) is 64.9 Å². The number of para-hydroxylation sites is 1. The summed E-state index contributed by atoms with van der Waals surface area (Å²) in [6, 6.07) is 12.2. The summed E-state index contributed by atoms with van der Waals surface area (Å²) in [5, 5.41) is 3.47. The molecule has 0 saturated heterocycles. The van der Waals surface area contributed by atoms with Crippen LogP contribution in [-0.4, -0.2) is 24.5 Å². The maximum Gasteiger partial charge on any atom is 0.374 e. The van der Waals surface area contributed by atoms with Crippen molar-refractivity contribution in [2.24, 2.45) is 0 Å². The molecule has 0 atom stereocenters. The molecule has 4 rings (SSSR count). The van der Waals surface area contributed by atoms with E-state index in [2.05, 4.69) is 5.32 Å². The first-order valence-corrected chi connectivity index (χ1v) is 9.34. The fraction of sp³-hybridized carbons (Fsp3) is 0.227. The van der Waals surface area contributed by atoms with Crippen molar-refractivity contribution in [2.45, 2.75) is 26.4 Å². The highest BCUT2D eigenvalue weighted by atomic mass is 16.5. The molecule has 148 valence electrons. The molecule has 0 radical (unpaired) electrons. The van der Waals surface area contributed by atoms with E-state index in [0.29, 0.717) is 40.6 Å². The number of aryl methyl sites for hydroxylation is 1. The molecular weight excluding hydrogens is 374 g/mol. The van der Waals surface area contributed by atoms with Crippen LogP contribution in [0.15, 0.2) is 46.9 Å². The summed E-state index contributed by atoms with van der Waals surface area (Å²) in [7, 11) is 0. The first-order chi connectivity index (χ1) is 14.1. The van der Waals surface area contributed by atoms with Crippen LogP contribution >= 0.6 is 0 Å². The Kier molecular flexibility index (Phi) is 5.03. The molecule has 0 saturated carbocycles. The minimum atomic E-state index is -0.598. The Morgan fingerprint density at radius 3 is 2.72 bits per heavy atom. The molecule has 1 aliphatic rings. The fourth-order valence-corrected chi connectivity index (χ4v) is 3.34. The van der Waals surface area contributed by atoms with Crippen LogP contribution in [0.2, 0.25) is 0 Å². The van der Waals surface area contributed by atoms with E-state index in [9.17, 15) is 14.4 Å². The smallest absolute Gasteiger partial charge is 0.374 e. The summed E-state index contributed by atoms with van der Waals surface area (Å²) in [6.07, 6.45) is 0.955. The molecule has 1 aromatic heterocycles. The van der Waals surface area contributed by atoms with Gasteiger partial charge in [0.25, 0.3) is 0 Å². The summed E-state index contributed by atoms with van der Waals surface area (Å²) < 4.78 is 16.2. The van der Waals surface area contributed by atoms with E-state index in [0.717, 1.165) is 5.56 Å². The maximum absolute atomic E-state index is 12.6. The van der Waals surface area contributed by atoms with Crippen molar-refractivity contribution in [1.82, 2.24) is 0 Å². The average Bonchev–Trinajstić information content (AvgIpc) is 3.10. The van der Waals surface area contributed by atoms with E-state index in [-0.39, 0.29) is 24.9 Å². The number of fused-ring (bicyclic) bond motifs is 2. The number of carbonyl (C=O) groups is 3. The Labute approximate surface area is 166 Å². The van der Waals surface area contributed by atoms with Crippen LogP contribution in [0.1, 0.15) is 45.4 Å². The van der Waals surface area contributed by atoms with Gasteiger partial charge in [-0.1, -0.05) is 18.2 Å². The number of anilines is 1. The summed E-state index contributed by atoms with van der Waals surface area (Å²) in [5.41, 5.74) is 2.97. The number of nitrogens with one attached hydrogen (secondary N) is 1. The van der Waals surface area contributed by atoms with Crippen LogP contribution in [-0.2, 0) is 27.3 Å². The largest absolute Gasteiger partial charge is 0.460 e.